The monoisotopic (exact) mass is 623 g/mol. The maximum Gasteiger partial charge on any atom is 0.416 e. The summed E-state index contributed by atoms with van der Waals surface area (Å²) in [7, 11) is 1.33. The molecule has 5 rings (SSSR count). The van der Waals surface area contributed by atoms with E-state index in [-0.39, 0.29) is 17.2 Å². The summed E-state index contributed by atoms with van der Waals surface area (Å²) in [6.07, 6.45) is -4.58. The number of nitrogens with one attached hydrogen (secondary N) is 2. The molecule has 0 saturated carbocycles. The van der Waals surface area contributed by atoms with E-state index in [0.717, 1.165) is 41.3 Å². The quantitative estimate of drug-likeness (QED) is 0.321. The molecule has 220 valence electrons. The van der Waals surface area contributed by atoms with Gasteiger partial charge in [-0.25, -0.2) is 0 Å². The van der Waals surface area contributed by atoms with Gasteiger partial charge in [0.15, 0.2) is 18.1 Å². The Labute approximate surface area is 242 Å². The Bertz CT molecular complexity index is 1650. The number of aliphatic carboxylic acids is 1. The van der Waals surface area contributed by atoms with Crippen LogP contribution in [0, 0.1) is 5.92 Å². The number of aromatic amines is 1. The number of benzene rings is 2. The number of ether oxygens (including phenoxy) is 2. The van der Waals surface area contributed by atoms with Crippen molar-refractivity contribution in [1.82, 2.24) is 9.88 Å². The number of halogens is 3. The van der Waals surface area contributed by atoms with Crippen LogP contribution in [0.25, 0.3) is 0 Å². The zero-order valence-electron chi connectivity index (χ0n) is 21.4. The van der Waals surface area contributed by atoms with E-state index >= 15 is 0 Å². The van der Waals surface area contributed by atoms with E-state index in [4.69, 9.17) is 9.47 Å². The lowest BCUT2D eigenvalue weighted by Gasteiger charge is -2.30. The first-order chi connectivity index (χ1) is 19.9. The van der Waals surface area contributed by atoms with E-state index in [0.29, 0.717) is 20.4 Å². The molecule has 42 heavy (non-hydrogen) atoms. The molecular formula is C26H20F3N3O8S2. The standard InChI is InChI=1S/C26H20F3N3O8S2/c1-39-15-7-11(5-6-14(15)40-10-16(33)30-13-4-2-3-12(8-13)26(27,28)29)18-19-21(41-22-20(18)42-25(38)31-22)24(37)32(23(19)36)9-17(34)35/h2-8,18-19,21H,9-10H2,1H3,(H,30,33)(H,31,38)(H,34,35)/t18-,19?,21?/m0/s1. The van der Waals surface area contributed by atoms with E-state index in [9.17, 15) is 42.3 Å². The van der Waals surface area contributed by atoms with Crippen molar-refractivity contribution in [1.29, 1.82) is 0 Å². The van der Waals surface area contributed by atoms with Crippen LogP contribution >= 0.6 is 23.1 Å². The molecule has 2 aromatic carbocycles. The highest BCUT2D eigenvalue weighted by Gasteiger charge is 2.56. The Kier molecular flexibility index (Phi) is 7.76. The second-order valence-electron chi connectivity index (χ2n) is 9.23. The Morgan fingerprint density at radius 1 is 1.10 bits per heavy atom. The van der Waals surface area contributed by atoms with Crippen molar-refractivity contribution in [3.8, 4) is 11.5 Å². The van der Waals surface area contributed by atoms with Gasteiger partial charge in [0.2, 0.25) is 11.8 Å². The predicted molar refractivity (Wildman–Crippen MR) is 143 cm³/mol. The number of hydrogen-bond acceptors (Lipinski definition) is 9. The molecule has 3 N–H and O–H groups in total. The number of fused-ring (bicyclic) bond motifs is 2. The number of carboxylic acid groups (broad SMARTS) is 1. The van der Waals surface area contributed by atoms with E-state index in [1.807, 2.05) is 0 Å². The van der Waals surface area contributed by atoms with Gasteiger partial charge < -0.3 is 24.9 Å². The first-order valence-electron chi connectivity index (χ1n) is 12.1. The number of carbonyl (C=O) groups excluding carboxylic acids is 3. The van der Waals surface area contributed by atoms with Crippen LogP contribution < -0.4 is 19.7 Å². The van der Waals surface area contributed by atoms with Crippen molar-refractivity contribution in [2.75, 3.05) is 25.6 Å². The number of aromatic nitrogens is 1. The van der Waals surface area contributed by atoms with Crippen molar-refractivity contribution >= 4 is 52.5 Å². The summed E-state index contributed by atoms with van der Waals surface area (Å²) in [5.74, 6) is -4.97. The summed E-state index contributed by atoms with van der Waals surface area (Å²) >= 11 is 1.87. The van der Waals surface area contributed by atoms with Gasteiger partial charge in [-0.3, -0.25) is 28.9 Å². The number of imide groups is 1. The number of methoxy groups -OCH3 is 1. The number of hydrogen-bond donors (Lipinski definition) is 3. The minimum atomic E-state index is -4.58. The van der Waals surface area contributed by atoms with Gasteiger partial charge in [-0.05, 0) is 35.9 Å². The molecule has 16 heteroatoms. The number of carbonyl (C=O) groups is 4. The summed E-state index contributed by atoms with van der Waals surface area (Å²) in [5.41, 5.74) is -0.525. The summed E-state index contributed by atoms with van der Waals surface area (Å²) in [6, 6.07) is 8.65. The lowest BCUT2D eigenvalue weighted by molar-refractivity contribution is -0.149. The minimum absolute atomic E-state index is 0.0699. The van der Waals surface area contributed by atoms with Crippen molar-refractivity contribution in [3.63, 3.8) is 0 Å². The van der Waals surface area contributed by atoms with Gasteiger partial charge in [0.05, 0.1) is 23.6 Å². The van der Waals surface area contributed by atoms with E-state index in [1.165, 1.54) is 25.3 Å². The second kappa shape index (κ2) is 11.2. The third-order valence-electron chi connectivity index (χ3n) is 6.59. The Balaban J connectivity index is 1.39. The summed E-state index contributed by atoms with van der Waals surface area (Å²) in [5, 5.41) is 11.0. The van der Waals surface area contributed by atoms with E-state index < -0.39 is 70.5 Å². The number of thioether (sulfide) groups is 1. The number of nitrogens with zero attached hydrogens (tertiary/aromatic N) is 1. The zero-order chi connectivity index (χ0) is 30.3. The Morgan fingerprint density at radius 3 is 2.55 bits per heavy atom. The molecule has 0 bridgehead atoms. The summed E-state index contributed by atoms with van der Waals surface area (Å²) in [4.78, 5) is 65.7. The molecule has 0 spiro atoms. The largest absolute Gasteiger partial charge is 0.493 e. The first-order valence-corrected chi connectivity index (χ1v) is 13.8. The lowest BCUT2D eigenvalue weighted by Crippen LogP contribution is -2.36. The normalized spacial score (nSPS) is 19.7. The molecule has 3 heterocycles. The summed E-state index contributed by atoms with van der Waals surface area (Å²) in [6.45, 7) is -1.36. The molecule has 11 nitrogen and oxygen atoms in total. The van der Waals surface area contributed by atoms with Crippen LogP contribution in [0.2, 0.25) is 0 Å². The van der Waals surface area contributed by atoms with Crippen molar-refractivity contribution in [3.05, 3.63) is 68.1 Å². The minimum Gasteiger partial charge on any atom is -0.493 e. The van der Waals surface area contributed by atoms with Gasteiger partial charge in [0.25, 0.3) is 5.91 Å². The smallest absolute Gasteiger partial charge is 0.416 e. The number of anilines is 1. The van der Waals surface area contributed by atoms with Crippen molar-refractivity contribution in [2.45, 2.75) is 22.4 Å². The Morgan fingerprint density at radius 2 is 1.86 bits per heavy atom. The van der Waals surface area contributed by atoms with Gasteiger partial charge in [-0.15, -0.1) is 0 Å². The van der Waals surface area contributed by atoms with Crippen LogP contribution in [0.4, 0.5) is 18.9 Å². The lowest BCUT2D eigenvalue weighted by atomic mass is 9.83. The molecular weight excluding hydrogens is 603 g/mol. The van der Waals surface area contributed by atoms with Crippen LogP contribution in [0.3, 0.4) is 0 Å². The van der Waals surface area contributed by atoms with Gasteiger partial charge in [-0.1, -0.05) is 35.2 Å². The Hall–Kier alpha value is -4.31. The molecule has 2 aliphatic heterocycles. The molecule has 0 aliphatic carbocycles. The van der Waals surface area contributed by atoms with Gasteiger partial charge in [-0.2, -0.15) is 13.2 Å². The van der Waals surface area contributed by atoms with Gasteiger partial charge >= 0.3 is 17.0 Å². The van der Waals surface area contributed by atoms with E-state index in [1.54, 1.807) is 6.07 Å². The average Bonchev–Trinajstić information content (AvgIpc) is 3.41. The predicted octanol–water partition coefficient (Wildman–Crippen LogP) is 3.16. The molecule has 1 aromatic heterocycles. The van der Waals surface area contributed by atoms with Crippen LogP contribution in [-0.2, 0) is 25.4 Å². The molecule has 3 amide bonds. The van der Waals surface area contributed by atoms with Crippen LogP contribution in [0.5, 0.6) is 11.5 Å². The topological polar surface area (TPSA) is 155 Å². The number of H-pyrrole nitrogens is 1. The molecule has 3 aromatic rings. The van der Waals surface area contributed by atoms with Crippen LogP contribution in [0.15, 0.2) is 52.3 Å². The average molecular weight is 624 g/mol. The number of thiazole rings is 1. The first kappa shape index (κ1) is 29.2. The van der Waals surface area contributed by atoms with Gasteiger partial charge in [0, 0.05) is 16.5 Å². The third-order valence-corrected chi connectivity index (χ3v) is 8.99. The second-order valence-corrected chi connectivity index (χ2v) is 11.4. The maximum atomic E-state index is 13.3. The fourth-order valence-electron chi connectivity index (χ4n) is 4.83. The fraction of sp³-hybridized carbons (Fsp3) is 0.269. The highest BCUT2D eigenvalue weighted by Crippen LogP contribution is 2.53. The zero-order valence-corrected chi connectivity index (χ0v) is 23.0. The maximum absolute atomic E-state index is 13.3. The molecule has 2 unspecified atom stereocenters. The third kappa shape index (κ3) is 5.59. The number of likely N-dealkylation sites (tertiary alicyclic amines) is 1. The number of alkyl halides is 3. The molecule has 1 fully saturated rings. The highest BCUT2D eigenvalue weighted by molar-refractivity contribution is 8.00. The van der Waals surface area contributed by atoms with Crippen LogP contribution in [-0.4, -0.2) is 64.2 Å². The van der Waals surface area contributed by atoms with Gasteiger partial charge in [0.1, 0.15) is 11.8 Å². The number of amides is 3. The van der Waals surface area contributed by atoms with Crippen molar-refractivity contribution in [2.24, 2.45) is 5.92 Å². The molecule has 3 atom stereocenters. The molecule has 2 aliphatic rings. The fourth-order valence-corrected chi connectivity index (χ4v) is 7.37. The highest BCUT2D eigenvalue weighted by atomic mass is 32.2. The van der Waals surface area contributed by atoms with Crippen molar-refractivity contribution < 1.29 is 46.9 Å². The number of rotatable bonds is 8. The number of carboxylic acids is 1. The molecule has 0 radical (unpaired) electrons. The SMILES string of the molecule is COc1cc([C@@H]2c3sc(=O)[nH]c3SC3C(=O)N(CC(=O)O)C(=O)C32)ccc1OCC(=O)Nc1cccc(C(F)(F)F)c1. The van der Waals surface area contributed by atoms with E-state index in [2.05, 4.69) is 10.3 Å². The molecule has 1 saturated heterocycles. The van der Waals surface area contributed by atoms with Crippen LogP contribution in [0.1, 0.15) is 21.9 Å². The summed E-state index contributed by atoms with van der Waals surface area (Å²) < 4.78 is 49.8.